The lowest BCUT2D eigenvalue weighted by Gasteiger charge is -2.17. The molecule has 0 aliphatic heterocycles. The van der Waals surface area contributed by atoms with Gasteiger partial charge < -0.3 is 24.2 Å². The lowest BCUT2D eigenvalue weighted by molar-refractivity contribution is -0.593. The third kappa shape index (κ3) is 3.40. The van der Waals surface area contributed by atoms with Crippen molar-refractivity contribution < 1.29 is 33.3 Å². The van der Waals surface area contributed by atoms with Crippen molar-refractivity contribution in [1.82, 2.24) is 0 Å². The summed E-state index contributed by atoms with van der Waals surface area (Å²) in [4.78, 5) is 25.2. The van der Waals surface area contributed by atoms with E-state index >= 15 is 0 Å². The van der Waals surface area contributed by atoms with Gasteiger partial charge in [-0.2, -0.15) is 4.73 Å². The molecule has 0 radical (unpaired) electrons. The molecule has 150 valence electrons. The third-order valence-corrected chi connectivity index (χ3v) is 4.52. The molecular weight excluding hydrogens is 378 g/mol. The van der Waals surface area contributed by atoms with Gasteiger partial charge in [-0.1, -0.05) is 0 Å². The molecule has 29 heavy (non-hydrogen) atoms. The van der Waals surface area contributed by atoms with Gasteiger partial charge in [-0.15, -0.1) is 0 Å². The Labute approximate surface area is 166 Å². The highest BCUT2D eigenvalue weighted by atomic mass is 16.5. The van der Waals surface area contributed by atoms with Crippen LogP contribution in [-0.2, 0) is 9.47 Å². The quantitative estimate of drug-likeness (QED) is 0.371. The second-order valence-electron chi connectivity index (χ2n) is 6.00. The molecule has 3 aromatic rings. The Kier molecular flexibility index (Phi) is 5.54. The lowest BCUT2D eigenvalue weighted by atomic mass is 9.91. The van der Waals surface area contributed by atoms with E-state index in [1.165, 1.54) is 40.7 Å². The van der Waals surface area contributed by atoms with Crippen molar-refractivity contribution in [3.8, 4) is 22.8 Å². The largest absolute Gasteiger partial charge is 0.618 e. The average Bonchev–Trinajstić information content (AvgIpc) is 2.76. The average molecular weight is 397 g/mol. The number of aromatic nitrogens is 1. The summed E-state index contributed by atoms with van der Waals surface area (Å²) in [6, 6.07) is 9.56. The van der Waals surface area contributed by atoms with Gasteiger partial charge in [0, 0.05) is 17.5 Å². The first-order chi connectivity index (χ1) is 14.0. The smallest absolute Gasteiger partial charge is 0.339 e. The van der Waals surface area contributed by atoms with Gasteiger partial charge >= 0.3 is 11.9 Å². The van der Waals surface area contributed by atoms with Gasteiger partial charge in [-0.05, 0) is 29.7 Å². The summed E-state index contributed by atoms with van der Waals surface area (Å²) in [6.45, 7) is 0. The predicted molar refractivity (Wildman–Crippen MR) is 104 cm³/mol. The molecule has 0 fully saturated rings. The zero-order chi connectivity index (χ0) is 21.1. The van der Waals surface area contributed by atoms with Crippen LogP contribution in [0.2, 0.25) is 0 Å². The van der Waals surface area contributed by atoms with Crippen molar-refractivity contribution in [2.24, 2.45) is 0 Å². The highest BCUT2D eigenvalue weighted by molar-refractivity contribution is 6.15. The Morgan fingerprint density at radius 1 is 0.897 bits per heavy atom. The first-order valence-electron chi connectivity index (χ1n) is 8.54. The number of methoxy groups -OCH3 is 4. The van der Waals surface area contributed by atoms with Gasteiger partial charge in [-0.25, -0.2) is 9.59 Å². The van der Waals surface area contributed by atoms with Gasteiger partial charge in [-0.3, -0.25) is 0 Å². The molecule has 0 unspecified atom stereocenters. The van der Waals surface area contributed by atoms with Gasteiger partial charge in [0.25, 0.3) is 0 Å². The Morgan fingerprint density at radius 2 is 1.55 bits per heavy atom. The minimum absolute atomic E-state index is 0.0297. The molecule has 0 aliphatic rings. The van der Waals surface area contributed by atoms with E-state index in [-0.39, 0.29) is 22.4 Å². The summed E-state index contributed by atoms with van der Waals surface area (Å²) in [7, 11) is 5.36. The minimum atomic E-state index is -0.777. The van der Waals surface area contributed by atoms with E-state index in [1.54, 1.807) is 30.3 Å². The molecule has 0 N–H and O–H groups in total. The van der Waals surface area contributed by atoms with Crippen molar-refractivity contribution in [3.63, 3.8) is 0 Å². The molecule has 0 amide bonds. The molecule has 8 nitrogen and oxygen atoms in total. The molecule has 2 aromatic carbocycles. The SMILES string of the molecule is COC(=O)c1cc2cc(OC)c(OC)cc2c(-c2cccc[n+]2[O-])c1C(=O)OC. The van der Waals surface area contributed by atoms with Crippen LogP contribution in [0.4, 0.5) is 0 Å². The summed E-state index contributed by atoms with van der Waals surface area (Å²) in [6.07, 6.45) is 1.30. The molecule has 0 saturated carbocycles. The molecule has 0 saturated heterocycles. The van der Waals surface area contributed by atoms with E-state index in [4.69, 9.17) is 18.9 Å². The zero-order valence-electron chi connectivity index (χ0n) is 16.3. The van der Waals surface area contributed by atoms with E-state index in [0.717, 1.165) is 0 Å². The molecule has 0 bridgehead atoms. The van der Waals surface area contributed by atoms with E-state index in [1.807, 2.05) is 0 Å². The Morgan fingerprint density at radius 3 is 2.14 bits per heavy atom. The van der Waals surface area contributed by atoms with Crippen LogP contribution in [0.25, 0.3) is 22.0 Å². The van der Waals surface area contributed by atoms with E-state index in [0.29, 0.717) is 27.0 Å². The Bertz CT molecular complexity index is 1110. The summed E-state index contributed by atoms with van der Waals surface area (Å²) in [5.74, 6) is -0.690. The summed E-state index contributed by atoms with van der Waals surface area (Å²) >= 11 is 0. The summed E-state index contributed by atoms with van der Waals surface area (Å²) in [5.41, 5.74) is 0.287. The third-order valence-electron chi connectivity index (χ3n) is 4.52. The molecule has 0 aliphatic carbocycles. The number of esters is 2. The topological polar surface area (TPSA) is 98.0 Å². The summed E-state index contributed by atoms with van der Waals surface area (Å²) in [5, 5.41) is 13.6. The lowest BCUT2D eigenvalue weighted by Crippen LogP contribution is -2.29. The van der Waals surface area contributed by atoms with Gasteiger partial charge in [0.05, 0.1) is 45.1 Å². The van der Waals surface area contributed by atoms with Crippen LogP contribution in [0.5, 0.6) is 11.5 Å². The zero-order valence-corrected chi connectivity index (χ0v) is 16.3. The summed E-state index contributed by atoms with van der Waals surface area (Å²) < 4.78 is 21.1. The van der Waals surface area contributed by atoms with E-state index in [9.17, 15) is 14.8 Å². The molecule has 1 heterocycles. The normalized spacial score (nSPS) is 10.5. The maximum Gasteiger partial charge on any atom is 0.339 e. The Hall–Kier alpha value is -3.81. The number of ether oxygens (including phenoxy) is 4. The van der Waals surface area contributed by atoms with E-state index < -0.39 is 11.9 Å². The second-order valence-corrected chi connectivity index (χ2v) is 6.00. The number of carbonyl (C=O) groups is 2. The first kappa shape index (κ1) is 19.9. The number of rotatable bonds is 5. The maximum atomic E-state index is 12.7. The first-order valence-corrected chi connectivity index (χ1v) is 8.54. The molecule has 3 rings (SSSR count). The number of nitrogens with zero attached hydrogens (tertiary/aromatic N) is 1. The van der Waals surface area contributed by atoms with Crippen LogP contribution < -0.4 is 14.2 Å². The standard InChI is InChI=1S/C21H19NO7/c1-26-16-10-12-9-14(20(23)28-3)19(21(24)29-4)18(13(12)11-17(16)27-2)15-7-5-6-8-22(15)25/h5-11H,1-4H3. The maximum absolute atomic E-state index is 12.7. The fraction of sp³-hybridized carbons (Fsp3) is 0.190. The monoisotopic (exact) mass is 397 g/mol. The fourth-order valence-corrected chi connectivity index (χ4v) is 3.20. The van der Waals surface area contributed by atoms with Crippen molar-refractivity contribution in [3.05, 3.63) is 58.9 Å². The van der Waals surface area contributed by atoms with Crippen LogP contribution in [0, 0.1) is 5.21 Å². The van der Waals surface area contributed by atoms with Gasteiger partial charge in [0.1, 0.15) is 0 Å². The number of hydrogen-bond donors (Lipinski definition) is 0. The van der Waals surface area contributed by atoms with E-state index in [2.05, 4.69) is 0 Å². The van der Waals surface area contributed by atoms with Crippen molar-refractivity contribution in [1.29, 1.82) is 0 Å². The molecular formula is C21H19NO7. The van der Waals surface area contributed by atoms with Crippen LogP contribution in [0.15, 0.2) is 42.6 Å². The predicted octanol–water partition coefficient (Wildman–Crippen LogP) is 2.73. The van der Waals surface area contributed by atoms with Crippen molar-refractivity contribution >= 4 is 22.7 Å². The van der Waals surface area contributed by atoms with Crippen molar-refractivity contribution in [2.45, 2.75) is 0 Å². The van der Waals surface area contributed by atoms with Gasteiger partial charge in [0.2, 0.25) is 5.69 Å². The number of hydrogen-bond acceptors (Lipinski definition) is 7. The fourth-order valence-electron chi connectivity index (χ4n) is 3.20. The van der Waals surface area contributed by atoms with Crippen LogP contribution >= 0.6 is 0 Å². The molecule has 0 spiro atoms. The number of fused-ring (bicyclic) bond motifs is 1. The van der Waals surface area contributed by atoms with Crippen LogP contribution in [-0.4, -0.2) is 40.4 Å². The number of carbonyl (C=O) groups excluding carboxylic acids is 2. The van der Waals surface area contributed by atoms with Gasteiger partial charge in [0.15, 0.2) is 17.7 Å². The highest BCUT2D eigenvalue weighted by Crippen LogP contribution is 2.40. The molecule has 0 atom stereocenters. The molecule has 1 aromatic heterocycles. The van der Waals surface area contributed by atoms with Crippen LogP contribution in [0.1, 0.15) is 20.7 Å². The highest BCUT2D eigenvalue weighted by Gasteiger charge is 2.29. The molecule has 8 heteroatoms. The minimum Gasteiger partial charge on any atom is -0.618 e. The Balaban J connectivity index is 2.58. The van der Waals surface area contributed by atoms with Crippen LogP contribution in [0.3, 0.4) is 0 Å². The number of benzene rings is 2. The van der Waals surface area contributed by atoms with Crippen molar-refractivity contribution in [2.75, 3.05) is 28.4 Å². The number of pyridine rings is 1. The second kappa shape index (κ2) is 8.05.